The first-order chi connectivity index (χ1) is 16.7. The molecule has 2 aromatic heterocycles. The van der Waals surface area contributed by atoms with Gasteiger partial charge < -0.3 is 20.3 Å². The second kappa shape index (κ2) is 7.67. The highest BCUT2D eigenvalue weighted by Gasteiger charge is 2.55. The Morgan fingerprint density at radius 2 is 2.06 bits per heavy atom. The van der Waals surface area contributed by atoms with Crippen LogP contribution in [0.25, 0.3) is 11.1 Å². The van der Waals surface area contributed by atoms with E-state index in [2.05, 4.69) is 38.7 Å². The van der Waals surface area contributed by atoms with Crippen LogP contribution in [0, 0.1) is 11.3 Å². The Bertz CT molecular complexity index is 1240. The Morgan fingerprint density at radius 1 is 1.15 bits per heavy atom. The lowest BCUT2D eigenvalue weighted by Gasteiger charge is -2.22. The summed E-state index contributed by atoms with van der Waals surface area (Å²) in [6.07, 6.45) is 9.61. The lowest BCUT2D eigenvalue weighted by Crippen LogP contribution is -2.38. The molecule has 0 bridgehead atoms. The van der Waals surface area contributed by atoms with Gasteiger partial charge in [-0.3, -0.25) is 4.98 Å². The van der Waals surface area contributed by atoms with Crippen LogP contribution < -0.4 is 20.3 Å². The molecule has 3 aromatic rings. The van der Waals surface area contributed by atoms with Gasteiger partial charge in [0.05, 0.1) is 11.9 Å². The van der Waals surface area contributed by atoms with Gasteiger partial charge in [-0.05, 0) is 67.5 Å². The molecule has 0 radical (unpaired) electrons. The van der Waals surface area contributed by atoms with E-state index in [1.165, 1.54) is 42.4 Å². The van der Waals surface area contributed by atoms with Gasteiger partial charge >= 0.3 is 6.01 Å². The Labute approximate surface area is 200 Å². The van der Waals surface area contributed by atoms with E-state index in [1.54, 1.807) is 12.4 Å². The molecule has 34 heavy (non-hydrogen) atoms. The maximum absolute atomic E-state index is 6.10. The van der Waals surface area contributed by atoms with Gasteiger partial charge in [-0.2, -0.15) is 9.97 Å². The second-order valence-electron chi connectivity index (χ2n) is 10.3. The Kier molecular flexibility index (Phi) is 4.56. The van der Waals surface area contributed by atoms with E-state index in [9.17, 15) is 0 Å². The van der Waals surface area contributed by atoms with E-state index >= 15 is 0 Å². The molecule has 0 unspecified atom stereocenters. The highest BCUT2D eigenvalue weighted by Crippen LogP contribution is 2.55. The van der Waals surface area contributed by atoms with Gasteiger partial charge in [0.25, 0.3) is 0 Å². The van der Waals surface area contributed by atoms with Crippen LogP contribution in [0.4, 0.5) is 11.5 Å². The Hall–Kier alpha value is -3.19. The molecule has 1 atom stereocenters. The van der Waals surface area contributed by atoms with Crippen LogP contribution in [0.1, 0.15) is 36.9 Å². The summed E-state index contributed by atoms with van der Waals surface area (Å²) in [4.78, 5) is 16.6. The number of nitrogens with zero attached hydrogens (tertiary/aromatic N) is 4. The van der Waals surface area contributed by atoms with Crippen molar-refractivity contribution in [2.75, 3.05) is 36.9 Å². The minimum absolute atomic E-state index is 0.394. The van der Waals surface area contributed by atoms with Crippen molar-refractivity contribution >= 4 is 11.5 Å². The number of ether oxygens (including phenoxy) is 1. The summed E-state index contributed by atoms with van der Waals surface area (Å²) in [5, 5.41) is 7.28. The first-order valence-corrected chi connectivity index (χ1v) is 12.5. The van der Waals surface area contributed by atoms with Crippen molar-refractivity contribution in [1.29, 1.82) is 0 Å². The van der Waals surface area contributed by atoms with E-state index in [0.717, 1.165) is 49.2 Å². The summed E-state index contributed by atoms with van der Waals surface area (Å²) in [6.45, 7) is 3.20. The number of nitrogens with one attached hydrogen (secondary N) is 2. The molecule has 3 fully saturated rings. The molecule has 174 valence electrons. The standard InChI is InChI=1S/C27H30N6O/c1-28-21-6-2-5-19-20(21)12-22-24(19)25(32-26(31-22)34-18-4-3-11-29-14-18)33-15-23(27(16-33)9-10-27)30-13-17-7-8-17/h2-6,11,14,17,23,28,30H,7-10,12-13,15-16H2,1H3/t23-/m0/s1. The first kappa shape index (κ1) is 20.2. The summed E-state index contributed by atoms with van der Waals surface area (Å²) in [6, 6.07) is 11.2. The summed E-state index contributed by atoms with van der Waals surface area (Å²) in [5.74, 6) is 2.56. The Morgan fingerprint density at radius 3 is 2.82 bits per heavy atom. The maximum Gasteiger partial charge on any atom is 0.324 e. The number of aromatic nitrogens is 3. The van der Waals surface area contributed by atoms with Gasteiger partial charge in [-0.15, -0.1) is 0 Å². The third-order valence-electron chi connectivity index (χ3n) is 8.04. The molecule has 2 N–H and O–H groups in total. The molecule has 3 heterocycles. The molecule has 2 saturated carbocycles. The monoisotopic (exact) mass is 454 g/mol. The average molecular weight is 455 g/mol. The van der Waals surface area contributed by atoms with Crippen molar-refractivity contribution in [2.45, 2.75) is 38.1 Å². The zero-order valence-corrected chi connectivity index (χ0v) is 19.6. The normalized spacial score (nSPS) is 21.4. The van der Waals surface area contributed by atoms with Crippen LogP contribution >= 0.6 is 0 Å². The third-order valence-corrected chi connectivity index (χ3v) is 8.04. The van der Waals surface area contributed by atoms with Crippen LogP contribution in [0.5, 0.6) is 11.8 Å². The number of rotatable bonds is 7. The maximum atomic E-state index is 6.10. The van der Waals surface area contributed by atoms with E-state index in [4.69, 9.17) is 14.7 Å². The van der Waals surface area contributed by atoms with Crippen molar-refractivity contribution in [1.82, 2.24) is 20.3 Å². The molecule has 1 aromatic carbocycles. The summed E-state index contributed by atoms with van der Waals surface area (Å²) >= 11 is 0. The Balaban J connectivity index is 1.28. The van der Waals surface area contributed by atoms with Crippen LogP contribution in [0.15, 0.2) is 42.7 Å². The average Bonchev–Trinajstić information content (AvgIpc) is 3.76. The summed E-state index contributed by atoms with van der Waals surface area (Å²) in [7, 11) is 1.98. The molecule has 0 amide bonds. The van der Waals surface area contributed by atoms with Crippen molar-refractivity contribution in [3.05, 3.63) is 54.0 Å². The van der Waals surface area contributed by atoms with Gasteiger partial charge in [0, 0.05) is 55.5 Å². The fraction of sp³-hybridized carbons (Fsp3) is 0.444. The van der Waals surface area contributed by atoms with Gasteiger partial charge in [-0.25, -0.2) is 0 Å². The quantitative estimate of drug-likeness (QED) is 0.432. The molecule has 7 nitrogen and oxygen atoms in total. The molecule has 7 rings (SSSR count). The van der Waals surface area contributed by atoms with Gasteiger partial charge in [0.2, 0.25) is 0 Å². The molecule has 1 spiro atoms. The number of pyridine rings is 1. The number of fused-ring (bicyclic) bond motifs is 3. The number of anilines is 2. The van der Waals surface area contributed by atoms with E-state index in [1.807, 2.05) is 19.2 Å². The third kappa shape index (κ3) is 3.41. The minimum Gasteiger partial charge on any atom is -0.423 e. The SMILES string of the molecule is CNc1cccc2c1Cc1nc(Oc3cccnc3)nc(N3C[C@H](NCC4CC4)C4(CC4)C3)c1-2. The van der Waals surface area contributed by atoms with E-state index in [-0.39, 0.29) is 0 Å². The van der Waals surface area contributed by atoms with Crippen LogP contribution in [0.3, 0.4) is 0 Å². The lowest BCUT2D eigenvalue weighted by atomic mass is 10.0. The van der Waals surface area contributed by atoms with Gasteiger partial charge in [0.1, 0.15) is 11.6 Å². The van der Waals surface area contributed by atoms with Crippen LogP contribution in [-0.2, 0) is 6.42 Å². The predicted molar refractivity (Wildman–Crippen MR) is 133 cm³/mol. The van der Waals surface area contributed by atoms with E-state index in [0.29, 0.717) is 23.2 Å². The minimum atomic E-state index is 0.394. The van der Waals surface area contributed by atoms with E-state index < -0.39 is 0 Å². The van der Waals surface area contributed by atoms with Gasteiger partial charge in [-0.1, -0.05) is 12.1 Å². The van der Waals surface area contributed by atoms with Crippen molar-refractivity contribution < 1.29 is 4.74 Å². The van der Waals surface area contributed by atoms with Crippen molar-refractivity contribution in [3.63, 3.8) is 0 Å². The molecule has 4 aliphatic rings. The summed E-state index contributed by atoms with van der Waals surface area (Å²) < 4.78 is 6.10. The molecular formula is C27H30N6O. The molecule has 1 aliphatic heterocycles. The zero-order chi connectivity index (χ0) is 22.7. The number of hydrogen-bond donors (Lipinski definition) is 2. The number of hydrogen-bond acceptors (Lipinski definition) is 7. The van der Waals surface area contributed by atoms with Crippen LogP contribution in [-0.4, -0.2) is 47.7 Å². The molecule has 7 heteroatoms. The molecule has 1 saturated heterocycles. The second-order valence-corrected chi connectivity index (χ2v) is 10.3. The lowest BCUT2D eigenvalue weighted by molar-refractivity contribution is 0.403. The molecule has 3 aliphatic carbocycles. The van der Waals surface area contributed by atoms with Crippen molar-refractivity contribution in [3.8, 4) is 22.9 Å². The largest absolute Gasteiger partial charge is 0.423 e. The van der Waals surface area contributed by atoms with Gasteiger partial charge in [0.15, 0.2) is 0 Å². The zero-order valence-electron chi connectivity index (χ0n) is 19.6. The molecular weight excluding hydrogens is 424 g/mol. The topological polar surface area (TPSA) is 75.2 Å². The fourth-order valence-corrected chi connectivity index (χ4v) is 5.79. The smallest absolute Gasteiger partial charge is 0.324 e. The highest BCUT2D eigenvalue weighted by molar-refractivity contribution is 5.88. The van der Waals surface area contributed by atoms with Crippen LogP contribution in [0.2, 0.25) is 0 Å². The highest BCUT2D eigenvalue weighted by atomic mass is 16.5. The fourth-order valence-electron chi connectivity index (χ4n) is 5.79. The predicted octanol–water partition coefficient (Wildman–Crippen LogP) is 4.25. The number of benzene rings is 1. The van der Waals surface area contributed by atoms with Crippen molar-refractivity contribution in [2.24, 2.45) is 11.3 Å². The summed E-state index contributed by atoms with van der Waals surface area (Å²) in [5.41, 5.74) is 6.29. The first-order valence-electron chi connectivity index (χ1n) is 12.5.